The molecule has 198 valence electrons. The van der Waals surface area contributed by atoms with Gasteiger partial charge >= 0.3 is 18.2 Å². The number of hydrogen-bond acceptors (Lipinski definition) is 9. The summed E-state index contributed by atoms with van der Waals surface area (Å²) in [7, 11) is 0. The van der Waals surface area contributed by atoms with Gasteiger partial charge in [-0.05, 0) is 55.7 Å². The van der Waals surface area contributed by atoms with E-state index in [1.54, 1.807) is 12.4 Å². The SMILES string of the molecule is NC1(OC(=O)C(F)(F)F)NC2(CO1)c1cc(-c3cncnc3)ccc1O[C@H]1CCC(OCC3CC3)C[C@@H]12. The number of halogens is 3. The summed E-state index contributed by atoms with van der Waals surface area (Å²) in [4.78, 5) is 19.8. The third-order valence-electron chi connectivity index (χ3n) is 7.66. The summed E-state index contributed by atoms with van der Waals surface area (Å²) < 4.78 is 61.8. The van der Waals surface area contributed by atoms with E-state index in [2.05, 4.69) is 20.0 Å². The zero-order valence-electron chi connectivity index (χ0n) is 19.9. The van der Waals surface area contributed by atoms with Crippen molar-refractivity contribution in [1.29, 1.82) is 0 Å². The zero-order chi connectivity index (χ0) is 25.8. The van der Waals surface area contributed by atoms with Crippen LogP contribution >= 0.6 is 0 Å². The molecule has 5 atom stereocenters. The third kappa shape index (κ3) is 4.67. The highest BCUT2D eigenvalue weighted by atomic mass is 19.4. The van der Waals surface area contributed by atoms with Crippen molar-refractivity contribution < 1.29 is 36.9 Å². The molecule has 1 spiro atoms. The fraction of sp³-hybridized carbons (Fsp3) is 0.560. The maximum atomic E-state index is 13.0. The van der Waals surface area contributed by atoms with Gasteiger partial charge in [0.05, 0.1) is 18.2 Å². The van der Waals surface area contributed by atoms with E-state index >= 15 is 0 Å². The second-order valence-corrected chi connectivity index (χ2v) is 10.3. The Morgan fingerprint density at radius 2 is 1.95 bits per heavy atom. The molecule has 0 radical (unpaired) electrons. The number of alkyl halides is 3. The first-order chi connectivity index (χ1) is 17.7. The standard InChI is InChI=1S/C25H27F3N4O5/c26-24(27,28)22(33)37-25(29)32-23(12-35-25)18-7-15(16-9-30-13-31-10-16)3-5-20(18)36-21-6-4-17(8-19(21)23)34-11-14-1-2-14/h3,5,7,9-10,13-14,17,19,21,32H,1-2,4,6,8,11-12,29H2/t17?,19-,21-,23?,25?/m0/s1. The smallest absolute Gasteiger partial charge is 0.490 e. The Hall–Kier alpha value is -2.80. The summed E-state index contributed by atoms with van der Waals surface area (Å²) in [5.74, 6) is -1.55. The van der Waals surface area contributed by atoms with Gasteiger partial charge in [0.25, 0.3) is 0 Å². The minimum atomic E-state index is -5.23. The van der Waals surface area contributed by atoms with Crippen LogP contribution in [-0.2, 0) is 24.5 Å². The van der Waals surface area contributed by atoms with Crippen LogP contribution in [-0.4, -0.2) is 53.6 Å². The molecule has 1 saturated heterocycles. The molecule has 1 aromatic heterocycles. The van der Waals surface area contributed by atoms with Crippen LogP contribution in [0, 0.1) is 11.8 Å². The molecule has 2 saturated carbocycles. The number of carbonyl (C=O) groups excluding carboxylic acids is 1. The molecular formula is C25H27F3N4O5. The van der Waals surface area contributed by atoms with Crippen LogP contribution in [0.5, 0.6) is 5.75 Å². The maximum Gasteiger partial charge on any atom is 0.491 e. The minimum absolute atomic E-state index is 0.0399. The number of nitrogens with two attached hydrogens (primary N) is 1. The van der Waals surface area contributed by atoms with E-state index in [1.165, 1.54) is 19.2 Å². The van der Waals surface area contributed by atoms with Crippen molar-refractivity contribution >= 4 is 5.97 Å². The highest BCUT2D eigenvalue weighted by molar-refractivity contribution is 5.76. The number of hydrogen-bond donors (Lipinski definition) is 2. The van der Waals surface area contributed by atoms with Gasteiger partial charge in [-0.2, -0.15) is 13.2 Å². The summed E-state index contributed by atoms with van der Waals surface area (Å²) in [5.41, 5.74) is 7.15. The predicted octanol–water partition coefficient (Wildman–Crippen LogP) is 2.99. The number of carbonyl (C=O) groups is 1. The van der Waals surface area contributed by atoms with E-state index < -0.39 is 23.7 Å². The van der Waals surface area contributed by atoms with Crippen LogP contribution in [0.1, 0.15) is 37.7 Å². The normalized spacial score (nSPS) is 32.9. The van der Waals surface area contributed by atoms with Gasteiger partial charge in [0.15, 0.2) is 0 Å². The largest absolute Gasteiger partial charge is 0.491 e. The number of esters is 1. The third-order valence-corrected chi connectivity index (χ3v) is 7.66. The molecule has 37 heavy (non-hydrogen) atoms. The highest BCUT2D eigenvalue weighted by Crippen LogP contribution is 2.52. The number of fused-ring (bicyclic) bond motifs is 4. The number of nitrogens with zero attached hydrogens (tertiary/aromatic N) is 2. The molecule has 3 N–H and O–H groups in total. The van der Waals surface area contributed by atoms with Crippen molar-refractivity contribution in [3.05, 3.63) is 42.5 Å². The molecule has 2 aromatic rings. The van der Waals surface area contributed by atoms with Gasteiger partial charge in [0, 0.05) is 36.0 Å². The number of nitrogens with one attached hydrogen (secondary N) is 1. The van der Waals surface area contributed by atoms with Crippen LogP contribution < -0.4 is 15.8 Å². The molecule has 9 nitrogen and oxygen atoms in total. The van der Waals surface area contributed by atoms with E-state index in [1.807, 2.05) is 18.2 Å². The van der Waals surface area contributed by atoms with Crippen LogP contribution in [0.4, 0.5) is 13.2 Å². The number of aromatic nitrogens is 2. The zero-order valence-corrected chi connectivity index (χ0v) is 19.9. The fourth-order valence-electron chi connectivity index (χ4n) is 5.64. The maximum absolute atomic E-state index is 13.0. The molecule has 6 rings (SSSR count). The van der Waals surface area contributed by atoms with Gasteiger partial charge in [0.1, 0.15) is 18.2 Å². The molecule has 1 aromatic carbocycles. The van der Waals surface area contributed by atoms with E-state index in [0.29, 0.717) is 36.7 Å². The quantitative estimate of drug-likeness (QED) is 0.453. The van der Waals surface area contributed by atoms with Crippen molar-refractivity contribution in [2.75, 3.05) is 13.2 Å². The Morgan fingerprint density at radius 1 is 1.16 bits per heavy atom. The van der Waals surface area contributed by atoms with Gasteiger partial charge < -0.3 is 18.9 Å². The van der Waals surface area contributed by atoms with Crippen LogP contribution in [0.3, 0.4) is 0 Å². The Kier molecular flexibility index (Phi) is 5.90. The first kappa shape index (κ1) is 24.5. The molecule has 4 aliphatic rings. The van der Waals surface area contributed by atoms with Crippen molar-refractivity contribution in [1.82, 2.24) is 15.3 Å². The molecule has 2 aliphatic heterocycles. The van der Waals surface area contributed by atoms with Gasteiger partial charge in [-0.1, -0.05) is 6.07 Å². The molecule has 0 amide bonds. The summed E-state index contributed by atoms with van der Waals surface area (Å²) in [6.45, 7) is 0.564. The minimum Gasteiger partial charge on any atom is -0.490 e. The molecule has 3 heterocycles. The summed E-state index contributed by atoms with van der Waals surface area (Å²) >= 11 is 0. The highest BCUT2D eigenvalue weighted by Gasteiger charge is 2.62. The topological polar surface area (TPSA) is 118 Å². The molecular weight excluding hydrogens is 493 g/mol. The van der Waals surface area contributed by atoms with Crippen LogP contribution in [0.2, 0.25) is 0 Å². The molecule has 3 fully saturated rings. The Balaban J connectivity index is 1.37. The van der Waals surface area contributed by atoms with Gasteiger partial charge in [-0.25, -0.2) is 20.1 Å². The lowest BCUT2D eigenvalue weighted by Crippen LogP contribution is -2.64. The molecule has 0 bridgehead atoms. The number of rotatable bonds is 5. The van der Waals surface area contributed by atoms with Gasteiger partial charge in [0.2, 0.25) is 0 Å². The number of ether oxygens (including phenoxy) is 4. The van der Waals surface area contributed by atoms with E-state index in [0.717, 1.165) is 17.5 Å². The van der Waals surface area contributed by atoms with Gasteiger partial charge in [-0.15, -0.1) is 0 Å². The Morgan fingerprint density at radius 3 is 2.68 bits per heavy atom. The lowest BCUT2D eigenvalue weighted by Gasteiger charge is -2.50. The lowest BCUT2D eigenvalue weighted by molar-refractivity contribution is -0.254. The van der Waals surface area contributed by atoms with Crippen molar-refractivity contribution in [3.8, 4) is 16.9 Å². The molecule has 12 heteroatoms. The summed E-state index contributed by atoms with van der Waals surface area (Å²) in [6, 6.07) is 3.07. The summed E-state index contributed by atoms with van der Waals surface area (Å²) in [6.07, 6.45) is 3.63. The van der Waals surface area contributed by atoms with Crippen molar-refractivity contribution in [2.24, 2.45) is 17.6 Å². The average Bonchev–Trinajstić information content (AvgIpc) is 3.65. The van der Waals surface area contributed by atoms with E-state index in [-0.39, 0.29) is 24.7 Å². The van der Waals surface area contributed by atoms with Crippen molar-refractivity contribution in [2.45, 2.75) is 62.1 Å². The van der Waals surface area contributed by atoms with E-state index in [9.17, 15) is 18.0 Å². The van der Waals surface area contributed by atoms with Gasteiger partial charge in [-0.3, -0.25) is 5.73 Å². The monoisotopic (exact) mass is 520 g/mol. The first-order valence-corrected chi connectivity index (χ1v) is 12.4. The Bertz CT molecular complexity index is 1180. The second-order valence-electron chi connectivity index (χ2n) is 10.3. The van der Waals surface area contributed by atoms with E-state index in [4.69, 9.17) is 19.9 Å². The van der Waals surface area contributed by atoms with Crippen LogP contribution in [0.25, 0.3) is 11.1 Å². The van der Waals surface area contributed by atoms with Crippen molar-refractivity contribution in [3.63, 3.8) is 0 Å². The molecule has 2 aliphatic carbocycles. The predicted molar refractivity (Wildman–Crippen MR) is 122 cm³/mol. The first-order valence-electron chi connectivity index (χ1n) is 12.4. The van der Waals surface area contributed by atoms with Crippen LogP contribution in [0.15, 0.2) is 36.9 Å². The fourth-order valence-corrected chi connectivity index (χ4v) is 5.64. The Labute approximate surface area is 210 Å². The summed E-state index contributed by atoms with van der Waals surface area (Å²) in [5, 5.41) is 2.96. The number of benzene rings is 1. The lowest BCUT2D eigenvalue weighted by atomic mass is 9.67. The molecule has 3 unspecified atom stereocenters. The second kappa shape index (κ2) is 8.90. The average molecular weight is 521 g/mol.